The minimum absolute atomic E-state index is 0.0928. The number of hydrogen-bond donors (Lipinski definition) is 2. The number of nitrogens with one attached hydrogen (secondary N) is 2. The number of carbonyl (C=O) groups is 1. The van der Waals surface area contributed by atoms with Gasteiger partial charge in [0.25, 0.3) is 0 Å². The van der Waals surface area contributed by atoms with Gasteiger partial charge in [-0.15, -0.1) is 10.2 Å². The van der Waals surface area contributed by atoms with Crippen molar-refractivity contribution in [2.45, 2.75) is 51.6 Å². The quantitative estimate of drug-likeness (QED) is 0.866. The van der Waals surface area contributed by atoms with Crippen LogP contribution in [0.1, 0.15) is 42.1 Å². The summed E-state index contributed by atoms with van der Waals surface area (Å²) in [6, 6.07) is 0.254. The zero-order valence-electron chi connectivity index (χ0n) is 10.0. The molecule has 5 nitrogen and oxygen atoms in total. The molecule has 1 fully saturated rings. The first-order valence-electron chi connectivity index (χ1n) is 6.07. The maximum Gasteiger partial charge on any atom is 0.315 e. The summed E-state index contributed by atoms with van der Waals surface area (Å²) in [7, 11) is 0. The Hall–Kier alpha value is -1.17. The van der Waals surface area contributed by atoms with E-state index < -0.39 is 0 Å². The first-order valence-corrected chi connectivity index (χ1v) is 6.89. The van der Waals surface area contributed by atoms with Gasteiger partial charge in [0.15, 0.2) is 0 Å². The standard InChI is InChI=1S/C11H18N4OS/c1-8-14-15-10(17-8)7-12-11(16)13-9-5-3-2-4-6-9/h9H,2-7H2,1H3,(H2,12,13,16). The molecule has 2 rings (SSSR count). The number of urea groups is 1. The average molecular weight is 254 g/mol. The molecule has 0 aliphatic heterocycles. The SMILES string of the molecule is Cc1nnc(CNC(=O)NC2CCCCC2)s1. The predicted molar refractivity (Wildman–Crippen MR) is 66.9 cm³/mol. The summed E-state index contributed by atoms with van der Waals surface area (Å²) in [6.07, 6.45) is 5.95. The first-order chi connectivity index (χ1) is 8.24. The molecule has 0 atom stereocenters. The molecule has 1 aliphatic carbocycles. The van der Waals surface area contributed by atoms with Crippen molar-refractivity contribution < 1.29 is 4.79 Å². The molecule has 0 radical (unpaired) electrons. The smallest absolute Gasteiger partial charge is 0.315 e. The largest absolute Gasteiger partial charge is 0.335 e. The van der Waals surface area contributed by atoms with Crippen LogP contribution in [0.15, 0.2) is 0 Å². The molecule has 17 heavy (non-hydrogen) atoms. The van der Waals surface area contributed by atoms with E-state index in [0.29, 0.717) is 12.6 Å². The van der Waals surface area contributed by atoms with Gasteiger partial charge >= 0.3 is 6.03 Å². The molecule has 0 spiro atoms. The molecule has 2 N–H and O–H groups in total. The molecule has 1 aromatic rings. The van der Waals surface area contributed by atoms with Gasteiger partial charge in [0.1, 0.15) is 10.0 Å². The van der Waals surface area contributed by atoms with Gasteiger partial charge in [-0.1, -0.05) is 30.6 Å². The van der Waals surface area contributed by atoms with E-state index in [1.807, 2.05) is 6.92 Å². The van der Waals surface area contributed by atoms with E-state index in [-0.39, 0.29) is 6.03 Å². The van der Waals surface area contributed by atoms with Crippen LogP contribution in [0.4, 0.5) is 4.79 Å². The topological polar surface area (TPSA) is 66.9 Å². The summed E-state index contributed by atoms with van der Waals surface area (Å²) in [4.78, 5) is 11.6. The highest BCUT2D eigenvalue weighted by Crippen LogP contribution is 2.17. The zero-order chi connectivity index (χ0) is 12.1. The first kappa shape index (κ1) is 12.3. The molecule has 0 saturated heterocycles. The van der Waals surface area contributed by atoms with E-state index in [9.17, 15) is 4.79 Å². The summed E-state index contributed by atoms with van der Waals surface area (Å²) in [6.45, 7) is 2.37. The minimum Gasteiger partial charge on any atom is -0.335 e. The van der Waals surface area contributed by atoms with Gasteiger partial charge in [0.2, 0.25) is 0 Å². The van der Waals surface area contributed by atoms with Crippen molar-refractivity contribution in [1.29, 1.82) is 0 Å². The highest BCUT2D eigenvalue weighted by molar-refractivity contribution is 7.11. The summed E-state index contributed by atoms with van der Waals surface area (Å²) in [5.74, 6) is 0. The summed E-state index contributed by atoms with van der Waals surface area (Å²) in [5, 5.41) is 15.5. The van der Waals surface area contributed by atoms with E-state index in [1.54, 1.807) is 0 Å². The van der Waals surface area contributed by atoms with Crippen LogP contribution in [0.25, 0.3) is 0 Å². The van der Waals surface area contributed by atoms with Crippen LogP contribution >= 0.6 is 11.3 Å². The molecule has 94 valence electrons. The number of nitrogens with zero attached hydrogens (tertiary/aromatic N) is 2. The molecule has 2 amide bonds. The third-order valence-electron chi connectivity index (χ3n) is 2.91. The molecule has 0 aromatic carbocycles. The predicted octanol–water partition coefficient (Wildman–Crippen LogP) is 1.98. The molecular formula is C11H18N4OS. The van der Waals surface area contributed by atoms with Gasteiger partial charge in [0, 0.05) is 6.04 Å². The molecule has 1 saturated carbocycles. The van der Waals surface area contributed by atoms with Crippen LogP contribution in [0.5, 0.6) is 0 Å². The van der Waals surface area contributed by atoms with Crippen LogP contribution in [-0.2, 0) is 6.54 Å². The van der Waals surface area contributed by atoms with E-state index in [0.717, 1.165) is 22.9 Å². The lowest BCUT2D eigenvalue weighted by atomic mass is 9.96. The Labute approximate surface area is 105 Å². The average Bonchev–Trinajstić information content (AvgIpc) is 2.74. The van der Waals surface area contributed by atoms with E-state index in [4.69, 9.17) is 0 Å². The second-order valence-corrected chi connectivity index (χ2v) is 5.64. The highest BCUT2D eigenvalue weighted by atomic mass is 32.1. The minimum atomic E-state index is -0.0928. The second-order valence-electron chi connectivity index (χ2n) is 4.38. The van der Waals surface area contributed by atoms with Crippen molar-refractivity contribution in [3.8, 4) is 0 Å². The maximum atomic E-state index is 11.6. The fourth-order valence-corrected chi connectivity index (χ4v) is 2.70. The number of aromatic nitrogens is 2. The normalized spacial score (nSPS) is 16.8. The molecule has 6 heteroatoms. The van der Waals surface area contributed by atoms with Crippen LogP contribution < -0.4 is 10.6 Å². The fraction of sp³-hybridized carbons (Fsp3) is 0.727. The zero-order valence-corrected chi connectivity index (χ0v) is 10.8. The molecular weight excluding hydrogens is 236 g/mol. The lowest BCUT2D eigenvalue weighted by Gasteiger charge is -2.22. The van der Waals surface area contributed by atoms with Gasteiger partial charge in [-0.05, 0) is 19.8 Å². The summed E-state index contributed by atoms with van der Waals surface area (Å²) < 4.78 is 0. The Balaban J connectivity index is 1.70. The fourth-order valence-electron chi connectivity index (χ4n) is 2.05. The van der Waals surface area contributed by atoms with E-state index >= 15 is 0 Å². The number of aryl methyl sites for hydroxylation is 1. The molecule has 1 aliphatic rings. The van der Waals surface area contributed by atoms with E-state index in [1.165, 1.54) is 30.6 Å². The van der Waals surface area contributed by atoms with Gasteiger partial charge in [0.05, 0.1) is 6.54 Å². The third-order valence-corrected chi connectivity index (χ3v) is 3.75. The van der Waals surface area contributed by atoms with Gasteiger partial charge in [-0.25, -0.2) is 4.79 Å². The van der Waals surface area contributed by atoms with Crippen LogP contribution in [0.3, 0.4) is 0 Å². The molecule has 1 aromatic heterocycles. The van der Waals surface area contributed by atoms with E-state index in [2.05, 4.69) is 20.8 Å². The third kappa shape index (κ3) is 3.96. The molecule has 1 heterocycles. The van der Waals surface area contributed by atoms with Crippen molar-refractivity contribution in [3.63, 3.8) is 0 Å². The molecule has 0 bridgehead atoms. The van der Waals surface area contributed by atoms with Crippen LogP contribution in [-0.4, -0.2) is 22.3 Å². The van der Waals surface area contributed by atoms with Gasteiger partial charge in [-0.2, -0.15) is 0 Å². The second kappa shape index (κ2) is 5.95. The van der Waals surface area contributed by atoms with Gasteiger partial charge in [-0.3, -0.25) is 0 Å². The number of hydrogen-bond acceptors (Lipinski definition) is 4. The Morgan fingerprint density at radius 3 is 2.76 bits per heavy atom. The number of rotatable bonds is 3. The molecule has 0 unspecified atom stereocenters. The van der Waals surface area contributed by atoms with Crippen molar-refractivity contribution in [3.05, 3.63) is 10.0 Å². The Bertz CT molecular complexity index is 373. The number of amides is 2. The summed E-state index contributed by atoms with van der Waals surface area (Å²) in [5.41, 5.74) is 0. The highest BCUT2D eigenvalue weighted by Gasteiger charge is 2.15. The van der Waals surface area contributed by atoms with Crippen LogP contribution in [0, 0.1) is 6.92 Å². The maximum absolute atomic E-state index is 11.6. The van der Waals surface area contributed by atoms with Crippen molar-refractivity contribution in [2.24, 2.45) is 0 Å². The monoisotopic (exact) mass is 254 g/mol. The lowest BCUT2D eigenvalue weighted by molar-refractivity contribution is 0.232. The van der Waals surface area contributed by atoms with Gasteiger partial charge < -0.3 is 10.6 Å². The van der Waals surface area contributed by atoms with Crippen LogP contribution in [0.2, 0.25) is 0 Å². The Kier molecular flexibility index (Phi) is 4.30. The lowest BCUT2D eigenvalue weighted by Crippen LogP contribution is -2.42. The Morgan fingerprint density at radius 1 is 1.35 bits per heavy atom. The number of carbonyl (C=O) groups excluding carboxylic acids is 1. The van der Waals surface area contributed by atoms with Crippen molar-refractivity contribution >= 4 is 17.4 Å². The van der Waals surface area contributed by atoms with Crippen molar-refractivity contribution in [2.75, 3.05) is 0 Å². The Morgan fingerprint density at radius 2 is 2.12 bits per heavy atom. The summed E-state index contributed by atoms with van der Waals surface area (Å²) >= 11 is 1.51. The van der Waals surface area contributed by atoms with Crippen molar-refractivity contribution in [1.82, 2.24) is 20.8 Å².